The summed E-state index contributed by atoms with van der Waals surface area (Å²) >= 11 is 0. The molecule has 0 radical (unpaired) electrons. The number of carbonyl (C=O) groups is 2. The number of rotatable bonds is 4. The molecule has 0 unspecified atom stereocenters. The number of pyridine rings is 2. The molecule has 0 amide bonds. The maximum Gasteiger partial charge on any atom is 0.311 e. The maximum absolute atomic E-state index is 10.8. The van der Waals surface area contributed by atoms with Crippen molar-refractivity contribution < 1.29 is 19.8 Å². The molecule has 2 aromatic heterocycles. The van der Waals surface area contributed by atoms with Gasteiger partial charge in [-0.1, -0.05) is 30.3 Å². The second-order valence-electron chi connectivity index (χ2n) is 5.95. The maximum atomic E-state index is 10.8. The van der Waals surface area contributed by atoms with E-state index in [0.717, 1.165) is 0 Å². The van der Waals surface area contributed by atoms with Crippen molar-refractivity contribution in [1.29, 1.82) is 0 Å². The van der Waals surface area contributed by atoms with E-state index in [1.54, 1.807) is 55.1 Å². The lowest BCUT2D eigenvalue weighted by Crippen LogP contribution is -2.15. The SMILES string of the molecule is Cc1ccncc1.Cc1ccncc1.O=C(O)C[C@H](C(=O)O)c1ccccc1. The Labute approximate surface area is 164 Å². The van der Waals surface area contributed by atoms with Crippen LogP contribution < -0.4 is 0 Å². The van der Waals surface area contributed by atoms with Gasteiger partial charge < -0.3 is 10.2 Å². The average molecular weight is 380 g/mol. The molecule has 3 aromatic rings. The first-order chi connectivity index (χ1) is 13.4. The minimum atomic E-state index is -1.11. The molecule has 0 aliphatic carbocycles. The number of carboxylic acid groups (broad SMARTS) is 2. The van der Waals surface area contributed by atoms with Crippen molar-refractivity contribution in [3.05, 3.63) is 96.1 Å². The van der Waals surface area contributed by atoms with E-state index in [4.69, 9.17) is 10.2 Å². The Morgan fingerprint density at radius 3 is 1.50 bits per heavy atom. The predicted octanol–water partition coefficient (Wildman–Crippen LogP) is 4.11. The van der Waals surface area contributed by atoms with Crippen molar-refractivity contribution in [2.75, 3.05) is 0 Å². The summed E-state index contributed by atoms with van der Waals surface area (Å²) in [6.45, 7) is 4.09. The van der Waals surface area contributed by atoms with Gasteiger partial charge in [-0.3, -0.25) is 19.6 Å². The zero-order valence-corrected chi connectivity index (χ0v) is 15.9. The summed E-state index contributed by atoms with van der Waals surface area (Å²) in [5, 5.41) is 17.3. The summed E-state index contributed by atoms with van der Waals surface area (Å²) in [6.07, 6.45) is 6.76. The summed E-state index contributed by atoms with van der Waals surface area (Å²) in [7, 11) is 0. The van der Waals surface area contributed by atoms with Gasteiger partial charge in [0, 0.05) is 24.8 Å². The highest BCUT2D eigenvalue weighted by atomic mass is 16.4. The molecule has 0 saturated carbocycles. The number of hydrogen-bond acceptors (Lipinski definition) is 4. The molecule has 0 bridgehead atoms. The van der Waals surface area contributed by atoms with E-state index in [1.165, 1.54) is 11.1 Å². The average Bonchev–Trinajstić information content (AvgIpc) is 2.69. The highest BCUT2D eigenvalue weighted by Crippen LogP contribution is 2.19. The molecule has 6 nitrogen and oxygen atoms in total. The number of aliphatic carboxylic acids is 2. The monoisotopic (exact) mass is 380 g/mol. The van der Waals surface area contributed by atoms with E-state index in [-0.39, 0.29) is 6.42 Å². The highest BCUT2D eigenvalue weighted by Gasteiger charge is 2.22. The third-order valence-corrected chi connectivity index (χ3v) is 3.57. The Kier molecular flexibility index (Phi) is 10.3. The molecule has 0 spiro atoms. The lowest BCUT2D eigenvalue weighted by atomic mass is 9.96. The molecule has 2 N–H and O–H groups in total. The summed E-state index contributed by atoms with van der Waals surface area (Å²) in [5.41, 5.74) is 3.03. The van der Waals surface area contributed by atoms with Crippen LogP contribution in [-0.2, 0) is 9.59 Å². The van der Waals surface area contributed by atoms with E-state index >= 15 is 0 Å². The molecule has 0 fully saturated rings. The fraction of sp³-hybridized carbons (Fsp3) is 0.182. The van der Waals surface area contributed by atoms with E-state index in [2.05, 4.69) is 9.97 Å². The van der Waals surface area contributed by atoms with Gasteiger partial charge >= 0.3 is 11.9 Å². The van der Waals surface area contributed by atoms with Gasteiger partial charge in [0.25, 0.3) is 0 Å². The van der Waals surface area contributed by atoms with Crippen molar-refractivity contribution in [1.82, 2.24) is 9.97 Å². The van der Waals surface area contributed by atoms with Gasteiger partial charge in [0.15, 0.2) is 0 Å². The van der Waals surface area contributed by atoms with Crippen LogP contribution in [0.5, 0.6) is 0 Å². The number of aryl methyl sites for hydroxylation is 2. The number of nitrogens with zero attached hydrogens (tertiary/aromatic N) is 2. The Morgan fingerprint density at radius 1 is 0.786 bits per heavy atom. The minimum Gasteiger partial charge on any atom is -0.481 e. The van der Waals surface area contributed by atoms with Crippen LogP contribution in [0.25, 0.3) is 0 Å². The van der Waals surface area contributed by atoms with Crippen LogP contribution in [0.4, 0.5) is 0 Å². The molecular formula is C22H24N2O4. The molecule has 2 heterocycles. The molecule has 1 atom stereocenters. The van der Waals surface area contributed by atoms with Crippen LogP contribution in [0, 0.1) is 13.8 Å². The Hall–Kier alpha value is -3.54. The number of hydrogen-bond donors (Lipinski definition) is 2. The molecular weight excluding hydrogens is 356 g/mol. The van der Waals surface area contributed by atoms with Crippen molar-refractivity contribution in [3.8, 4) is 0 Å². The van der Waals surface area contributed by atoms with Crippen LogP contribution in [-0.4, -0.2) is 32.1 Å². The first kappa shape index (κ1) is 22.5. The first-order valence-electron chi connectivity index (χ1n) is 8.63. The van der Waals surface area contributed by atoms with Gasteiger partial charge in [-0.15, -0.1) is 0 Å². The van der Waals surface area contributed by atoms with Crippen LogP contribution in [0.2, 0.25) is 0 Å². The van der Waals surface area contributed by atoms with Gasteiger partial charge in [0.2, 0.25) is 0 Å². The molecule has 0 saturated heterocycles. The molecule has 0 aliphatic heterocycles. The number of carboxylic acids is 2. The fourth-order valence-electron chi connectivity index (χ4n) is 2.06. The van der Waals surface area contributed by atoms with Gasteiger partial charge in [-0.25, -0.2) is 0 Å². The molecule has 146 valence electrons. The standard InChI is InChI=1S/C10H10O4.2C6H7N/c11-9(12)6-8(10(13)14)7-4-2-1-3-5-7;2*1-6-2-4-7-5-3-6/h1-5,8H,6H2,(H,11,12)(H,13,14);2*2-5H,1H3/t8-;;/m0../s1. The smallest absolute Gasteiger partial charge is 0.311 e. The van der Waals surface area contributed by atoms with Crippen molar-refractivity contribution >= 4 is 11.9 Å². The molecule has 3 rings (SSSR count). The topological polar surface area (TPSA) is 100 Å². The lowest BCUT2D eigenvalue weighted by Gasteiger charge is -2.09. The summed E-state index contributed by atoms with van der Waals surface area (Å²) in [5.74, 6) is -3.19. The summed E-state index contributed by atoms with van der Waals surface area (Å²) in [4.78, 5) is 28.9. The highest BCUT2D eigenvalue weighted by molar-refractivity contribution is 5.82. The molecule has 6 heteroatoms. The van der Waals surface area contributed by atoms with Crippen LogP contribution >= 0.6 is 0 Å². The first-order valence-corrected chi connectivity index (χ1v) is 8.63. The fourth-order valence-corrected chi connectivity index (χ4v) is 2.06. The minimum absolute atomic E-state index is 0.390. The van der Waals surface area contributed by atoms with Crippen molar-refractivity contribution in [3.63, 3.8) is 0 Å². The van der Waals surface area contributed by atoms with Gasteiger partial charge in [-0.2, -0.15) is 0 Å². The zero-order valence-electron chi connectivity index (χ0n) is 15.9. The summed E-state index contributed by atoms with van der Waals surface area (Å²) in [6, 6.07) is 16.2. The van der Waals surface area contributed by atoms with E-state index in [9.17, 15) is 9.59 Å². The normalized spacial score (nSPS) is 10.4. The zero-order chi connectivity index (χ0) is 20.8. The predicted molar refractivity (Wildman–Crippen MR) is 107 cm³/mol. The number of benzene rings is 1. The third kappa shape index (κ3) is 9.82. The van der Waals surface area contributed by atoms with Gasteiger partial charge in [0.05, 0.1) is 12.3 Å². The second-order valence-corrected chi connectivity index (χ2v) is 5.95. The Balaban J connectivity index is 0.000000233. The van der Waals surface area contributed by atoms with Crippen LogP contribution in [0.15, 0.2) is 79.4 Å². The largest absolute Gasteiger partial charge is 0.481 e. The number of aromatic nitrogens is 2. The second kappa shape index (κ2) is 12.8. The van der Waals surface area contributed by atoms with Gasteiger partial charge in [-0.05, 0) is 54.8 Å². The van der Waals surface area contributed by atoms with Crippen LogP contribution in [0.3, 0.4) is 0 Å². The van der Waals surface area contributed by atoms with E-state index in [0.29, 0.717) is 5.56 Å². The molecule has 28 heavy (non-hydrogen) atoms. The summed E-state index contributed by atoms with van der Waals surface area (Å²) < 4.78 is 0. The van der Waals surface area contributed by atoms with Crippen molar-refractivity contribution in [2.45, 2.75) is 26.2 Å². The van der Waals surface area contributed by atoms with Crippen molar-refractivity contribution in [2.24, 2.45) is 0 Å². The van der Waals surface area contributed by atoms with E-state index < -0.39 is 17.9 Å². The quantitative estimate of drug-likeness (QED) is 0.706. The Bertz CT molecular complexity index is 787. The lowest BCUT2D eigenvalue weighted by molar-refractivity contribution is -0.145. The van der Waals surface area contributed by atoms with Gasteiger partial charge in [0.1, 0.15) is 0 Å². The third-order valence-electron chi connectivity index (χ3n) is 3.57. The molecule has 0 aliphatic rings. The van der Waals surface area contributed by atoms with E-state index in [1.807, 2.05) is 38.1 Å². The molecule has 1 aromatic carbocycles. The van der Waals surface area contributed by atoms with Crippen LogP contribution in [0.1, 0.15) is 29.0 Å². The Morgan fingerprint density at radius 2 is 1.21 bits per heavy atom.